The number of rotatable bonds is 13. The van der Waals surface area contributed by atoms with E-state index >= 15 is 0 Å². The van der Waals surface area contributed by atoms with Crippen molar-refractivity contribution in [2.24, 2.45) is 17.8 Å². The maximum atomic E-state index is 12.1. The molecule has 1 heterocycles. The Balaban J connectivity index is 0.991. The summed E-state index contributed by atoms with van der Waals surface area (Å²) < 4.78 is 16.7. The summed E-state index contributed by atoms with van der Waals surface area (Å²) in [7, 11) is 3.21. The summed E-state index contributed by atoms with van der Waals surface area (Å²) in [5.74, 6) is 10.1. The third-order valence-electron chi connectivity index (χ3n) is 6.59. The van der Waals surface area contributed by atoms with Crippen LogP contribution in [0.15, 0.2) is 36.5 Å². The number of alkyl carbamates (subject to hydrolysis) is 1. The lowest BCUT2D eigenvalue weighted by molar-refractivity contribution is -0.149. The molecule has 0 saturated heterocycles. The Labute approximate surface area is 226 Å². The highest BCUT2D eigenvalue weighted by Crippen LogP contribution is 2.52. The molecule has 0 aliphatic heterocycles. The van der Waals surface area contributed by atoms with Crippen LogP contribution in [-0.2, 0) is 14.3 Å². The number of carbonyl (C=O) groups excluding carboxylic acids is 2. The molecule has 2 aromatic rings. The van der Waals surface area contributed by atoms with E-state index in [2.05, 4.69) is 22.1 Å². The number of aromatic nitrogens is 1. The van der Waals surface area contributed by atoms with E-state index in [0.717, 1.165) is 48.1 Å². The first-order valence-electron chi connectivity index (χ1n) is 12.9. The third-order valence-corrected chi connectivity index (χ3v) is 8.99. The Kier molecular flexibility index (Phi) is 10.7. The van der Waals surface area contributed by atoms with Crippen LogP contribution in [0.2, 0.25) is 0 Å². The summed E-state index contributed by atoms with van der Waals surface area (Å²) in [6.45, 7) is 3.14. The molecule has 1 N–H and O–H groups in total. The zero-order valence-corrected chi connectivity index (χ0v) is 22.8. The molecule has 3 unspecified atom stereocenters. The minimum Gasteiger partial charge on any atom is -0.489 e. The van der Waals surface area contributed by atoms with Crippen LogP contribution >= 0.6 is 21.6 Å². The van der Waals surface area contributed by atoms with Gasteiger partial charge in [0.25, 0.3) is 0 Å². The number of carbonyl (C=O) groups is 2. The van der Waals surface area contributed by atoms with E-state index < -0.39 is 0 Å². The average Bonchev–Trinajstić information content (AvgIpc) is 3.54. The van der Waals surface area contributed by atoms with Crippen LogP contribution in [0.25, 0.3) is 10.9 Å². The molecule has 1 fully saturated rings. The van der Waals surface area contributed by atoms with Gasteiger partial charge in [-0.3, -0.25) is 9.78 Å². The largest absolute Gasteiger partial charge is 0.489 e. The number of pyridine rings is 1. The molecular formula is C28H34N2O5S2. The molecule has 2 aliphatic rings. The van der Waals surface area contributed by atoms with E-state index in [9.17, 15) is 9.59 Å². The van der Waals surface area contributed by atoms with Crippen LogP contribution in [0.3, 0.4) is 0 Å². The topological polar surface area (TPSA) is 86.8 Å². The van der Waals surface area contributed by atoms with Crippen molar-refractivity contribution < 1.29 is 23.8 Å². The van der Waals surface area contributed by atoms with Crippen molar-refractivity contribution in [1.82, 2.24) is 10.3 Å². The maximum absolute atomic E-state index is 12.1. The van der Waals surface area contributed by atoms with E-state index in [4.69, 9.17) is 14.2 Å². The molecule has 7 nitrogen and oxygen atoms in total. The monoisotopic (exact) mass is 542 g/mol. The van der Waals surface area contributed by atoms with Crippen molar-refractivity contribution >= 4 is 44.6 Å². The number of benzene rings is 1. The Morgan fingerprint density at radius 3 is 2.70 bits per heavy atom. The molecule has 37 heavy (non-hydrogen) atoms. The molecule has 0 radical (unpaired) electrons. The Morgan fingerprint density at radius 1 is 1.11 bits per heavy atom. The molecular weight excluding hydrogens is 508 g/mol. The second kappa shape index (κ2) is 14.4. The van der Waals surface area contributed by atoms with Crippen LogP contribution in [-0.4, -0.2) is 54.4 Å². The van der Waals surface area contributed by atoms with Gasteiger partial charge in [0.1, 0.15) is 18.5 Å². The van der Waals surface area contributed by atoms with Crippen LogP contribution in [0.4, 0.5) is 4.79 Å². The number of fused-ring (bicyclic) bond motifs is 2. The molecule has 4 rings (SSSR count). The Bertz CT molecular complexity index is 1100. The highest BCUT2D eigenvalue weighted by molar-refractivity contribution is 8.76. The molecule has 0 bridgehead atoms. The lowest BCUT2D eigenvalue weighted by Crippen LogP contribution is -2.27. The van der Waals surface area contributed by atoms with Crippen molar-refractivity contribution in [2.45, 2.75) is 45.1 Å². The van der Waals surface area contributed by atoms with Crippen LogP contribution < -0.4 is 10.1 Å². The summed E-state index contributed by atoms with van der Waals surface area (Å²) >= 11 is 0. The molecule has 9 heteroatoms. The average molecular weight is 543 g/mol. The predicted octanol–water partition coefficient (Wildman–Crippen LogP) is 5.48. The summed E-state index contributed by atoms with van der Waals surface area (Å²) in [6, 6.07) is 9.54. The fraction of sp³-hybridized carbons (Fsp3) is 0.536. The number of nitrogens with zero attached hydrogens (tertiary/aromatic N) is 1. The summed E-state index contributed by atoms with van der Waals surface area (Å²) in [5, 5.41) is 3.74. The van der Waals surface area contributed by atoms with Gasteiger partial charge in [0.05, 0.1) is 18.5 Å². The van der Waals surface area contributed by atoms with Gasteiger partial charge in [-0.2, -0.15) is 0 Å². The van der Waals surface area contributed by atoms with E-state index in [0.29, 0.717) is 43.1 Å². The lowest BCUT2D eigenvalue weighted by atomic mass is 10.1. The normalized spacial score (nSPS) is 20.8. The van der Waals surface area contributed by atoms with E-state index in [-0.39, 0.29) is 24.8 Å². The van der Waals surface area contributed by atoms with E-state index in [1.165, 1.54) is 0 Å². The van der Waals surface area contributed by atoms with Crippen LogP contribution in [0, 0.1) is 29.6 Å². The molecule has 2 aliphatic carbocycles. The summed E-state index contributed by atoms with van der Waals surface area (Å²) in [5.41, 5.74) is 0.864. The van der Waals surface area contributed by atoms with E-state index in [1.807, 2.05) is 37.3 Å². The van der Waals surface area contributed by atoms with Gasteiger partial charge in [0, 0.05) is 42.5 Å². The molecule has 0 spiro atoms. The molecule has 1 aromatic heterocycles. The molecule has 1 amide bonds. The maximum Gasteiger partial charge on any atom is 0.407 e. The number of hydrogen-bond acceptors (Lipinski definition) is 8. The van der Waals surface area contributed by atoms with Gasteiger partial charge in [-0.1, -0.05) is 27.7 Å². The third kappa shape index (κ3) is 8.75. The van der Waals surface area contributed by atoms with Crippen molar-refractivity contribution in [3.05, 3.63) is 36.5 Å². The molecule has 1 saturated carbocycles. The fourth-order valence-corrected chi connectivity index (χ4v) is 6.55. The van der Waals surface area contributed by atoms with Gasteiger partial charge in [-0.25, -0.2) is 4.79 Å². The minimum atomic E-state index is -0.353. The van der Waals surface area contributed by atoms with Gasteiger partial charge >= 0.3 is 12.1 Å². The van der Waals surface area contributed by atoms with Crippen LogP contribution in [0.5, 0.6) is 5.75 Å². The SMILES string of the molecule is CC(COc1cccc2ncccc12)OC(=O)CCSSCCNC(=O)OCC1C2CCC#CCCC21. The second-order valence-electron chi connectivity index (χ2n) is 9.28. The second-order valence-corrected chi connectivity index (χ2v) is 12.0. The zero-order chi connectivity index (χ0) is 25.9. The first-order valence-corrected chi connectivity index (χ1v) is 15.4. The van der Waals surface area contributed by atoms with Crippen LogP contribution in [0.1, 0.15) is 39.0 Å². The van der Waals surface area contributed by atoms with Crippen molar-refractivity contribution in [1.29, 1.82) is 0 Å². The Hall–Kier alpha value is -2.57. The minimum absolute atomic E-state index is 0.246. The number of nitrogens with one attached hydrogen (secondary N) is 1. The molecule has 3 atom stereocenters. The molecule has 198 valence electrons. The number of ether oxygens (including phenoxy) is 3. The van der Waals surface area contributed by atoms with E-state index in [1.54, 1.807) is 27.8 Å². The first kappa shape index (κ1) is 27.5. The zero-order valence-electron chi connectivity index (χ0n) is 21.1. The quantitative estimate of drug-likeness (QED) is 0.154. The van der Waals surface area contributed by atoms with Crippen molar-refractivity contribution in [3.8, 4) is 17.6 Å². The summed E-state index contributed by atoms with van der Waals surface area (Å²) in [4.78, 5) is 28.4. The summed E-state index contributed by atoms with van der Waals surface area (Å²) in [6.07, 6.45) is 5.56. The number of hydrogen-bond donors (Lipinski definition) is 1. The first-order chi connectivity index (χ1) is 18.1. The van der Waals surface area contributed by atoms with Gasteiger partial charge < -0.3 is 19.5 Å². The highest BCUT2D eigenvalue weighted by atomic mass is 33.1. The lowest BCUT2D eigenvalue weighted by Gasteiger charge is -2.15. The van der Waals surface area contributed by atoms with Gasteiger partial charge in [0.2, 0.25) is 0 Å². The van der Waals surface area contributed by atoms with Gasteiger partial charge in [0.15, 0.2) is 0 Å². The standard InChI is InChI=1S/C28H34N2O5S2/c1-20(18-33-26-12-6-11-25-23(26)10-7-14-29-25)35-27(31)13-16-36-37-17-15-30-28(32)34-19-24-21-8-4-2-3-5-9-22(21)24/h6-7,10-12,14,20-22,24H,4-5,8-9,13,15-19H2,1H3,(H,30,32). The Morgan fingerprint density at radius 2 is 1.89 bits per heavy atom. The smallest absolute Gasteiger partial charge is 0.407 e. The number of amides is 1. The number of esters is 1. The van der Waals surface area contributed by atoms with Gasteiger partial charge in [-0.05, 0) is 61.8 Å². The fourth-order valence-electron chi connectivity index (χ4n) is 4.67. The van der Waals surface area contributed by atoms with Gasteiger partial charge in [-0.15, -0.1) is 11.8 Å². The predicted molar refractivity (Wildman–Crippen MR) is 148 cm³/mol. The van der Waals surface area contributed by atoms with Crippen molar-refractivity contribution in [2.75, 3.05) is 31.3 Å². The highest BCUT2D eigenvalue weighted by Gasteiger charge is 2.49. The molecule has 1 aromatic carbocycles. The van der Waals surface area contributed by atoms with Crippen molar-refractivity contribution in [3.63, 3.8) is 0 Å².